The fraction of sp³-hybridized carbons (Fsp3) is 0.478. The number of carbonyl (C=O) groups is 2. The topological polar surface area (TPSA) is 59.1 Å². The fourth-order valence-electron chi connectivity index (χ4n) is 4.02. The van der Waals surface area contributed by atoms with Crippen LogP contribution in [-0.2, 0) is 4.79 Å². The summed E-state index contributed by atoms with van der Waals surface area (Å²) in [4.78, 5) is 30.9. The molecular weight excluding hydrogens is 400 g/mol. The molecule has 1 aliphatic heterocycles. The maximum atomic E-state index is 13.0. The first-order valence-corrected chi connectivity index (χ1v) is 11.5. The quantitative estimate of drug-likeness (QED) is 0.676. The molecular formula is C23H28N2O4S. The molecule has 4 rings (SSSR count). The van der Waals surface area contributed by atoms with Gasteiger partial charge in [0.05, 0.1) is 13.2 Å². The Kier molecular flexibility index (Phi) is 6.27. The standard InChI is InChI=1S/C23H28N2O4S/c1-3-28-19-8-7-16(14-20(19)29-4-2)22(26)24-9-11-25(12-10-24)23(27)18-15-17(18)21-6-5-13-30-21/h5-8,13-14,17-18H,3-4,9-12,15H2,1-2H3. The van der Waals surface area contributed by atoms with Crippen molar-refractivity contribution in [3.63, 3.8) is 0 Å². The molecule has 1 saturated heterocycles. The zero-order valence-electron chi connectivity index (χ0n) is 17.5. The molecule has 2 heterocycles. The van der Waals surface area contributed by atoms with Crippen molar-refractivity contribution in [2.45, 2.75) is 26.2 Å². The van der Waals surface area contributed by atoms with E-state index in [9.17, 15) is 9.59 Å². The molecule has 30 heavy (non-hydrogen) atoms. The molecule has 1 aliphatic carbocycles. The van der Waals surface area contributed by atoms with E-state index in [1.54, 1.807) is 29.5 Å². The van der Waals surface area contributed by atoms with Crippen molar-refractivity contribution in [1.82, 2.24) is 9.80 Å². The lowest BCUT2D eigenvalue weighted by atomic mass is 10.1. The van der Waals surface area contributed by atoms with E-state index in [2.05, 4.69) is 11.4 Å². The molecule has 6 nitrogen and oxygen atoms in total. The van der Waals surface area contributed by atoms with Crippen molar-refractivity contribution in [1.29, 1.82) is 0 Å². The van der Waals surface area contributed by atoms with Gasteiger partial charge in [0.1, 0.15) is 0 Å². The van der Waals surface area contributed by atoms with Gasteiger partial charge in [0.15, 0.2) is 11.5 Å². The van der Waals surface area contributed by atoms with Crippen LogP contribution in [0, 0.1) is 5.92 Å². The Morgan fingerprint density at radius 3 is 2.37 bits per heavy atom. The predicted molar refractivity (Wildman–Crippen MR) is 116 cm³/mol. The van der Waals surface area contributed by atoms with Crippen LogP contribution >= 0.6 is 11.3 Å². The van der Waals surface area contributed by atoms with Crippen LogP contribution in [0.2, 0.25) is 0 Å². The number of nitrogens with zero attached hydrogens (tertiary/aromatic N) is 2. The summed E-state index contributed by atoms with van der Waals surface area (Å²) < 4.78 is 11.2. The lowest BCUT2D eigenvalue weighted by Gasteiger charge is -2.35. The van der Waals surface area contributed by atoms with Gasteiger partial charge in [-0.05, 0) is 49.9 Å². The minimum Gasteiger partial charge on any atom is -0.490 e. The van der Waals surface area contributed by atoms with E-state index in [4.69, 9.17) is 9.47 Å². The van der Waals surface area contributed by atoms with E-state index in [-0.39, 0.29) is 17.7 Å². The van der Waals surface area contributed by atoms with E-state index < -0.39 is 0 Å². The van der Waals surface area contributed by atoms with Crippen molar-refractivity contribution >= 4 is 23.2 Å². The van der Waals surface area contributed by atoms with Crippen LogP contribution in [0.1, 0.15) is 41.4 Å². The lowest BCUT2D eigenvalue weighted by molar-refractivity contribution is -0.134. The summed E-state index contributed by atoms with van der Waals surface area (Å²) in [5.74, 6) is 1.95. The van der Waals surface area contributed by atoms with Crippen LogP contribution in [0.4, 0.5) is 0 Å². The summed E-state index contributed by atoms with van der Waals surface area (Å²) in [5.41, 5.74) is 0.585. The maximum absolute atomic E-state index is 13.0. The van der Waals surface area contributed by atoms with Gasteiger partial charge in [0.25, 0.3) is 5.91 Å². The Morgan fingerprint density at radius 1 is 1.00 bits per heavy atom. The van der Waals surface area contributed by atoms with Crippen LogP contribution in [0.5, 0.6) is 11.5 Å². The van der Waals surface area contributed by atoms with Gasteiger partial charge in [-0.3, -0.25) is 9.59 Å². The number of benzene rings is 1. The molecule has 7 heteroatoms. The Balaban J connectivity index is 1.34. The van der Waals surface area contributed by atoms with Crippen molar-refractivity contribution in [3.05, 3.63) is 46.2 Å². The Hall–Kier alpha value is -2.54. The monoisotopic (exact) mass is 428 g/mol. The molecule has 1 aromatic heterocycles. The third kappa shape index (κ3) is 4.31. The number of amides is 2. The van der Waals surface area contributed by atoms with E-state index >= 15 is 0 Å². The number of carbonyl (C=O) groups excluding carboxylic acids is 2. The van der Waals surface area contributed by atoms with E-state index in [0.717, 1.165) is 6.42 Å². The zero-order chi connectivity index (χ0) is 21.1. The molecule has 2 atom stereocenters. The molecule has 0 spiro atoms. The molecule has 2 amide bonds. The van der Waals surface area contributed by atoms with E-state index in [1.165, 1.54) is 4.88 Å². The SMILES string of the molecule is CCOc1ccc(C(=O)N2CCN(C(=O)C3CC3c3cccs3)CC2)cc1OCC. The molecule has 2 fully saturated rings. The van der Waals surface area contributed by atoms with Gasteiger partial charge in [-0.25, -0.2) is 0 Å². The largest absolute Gasteiger partial charge is 0.490 e. The van der Waals surface area contributed by atoms with Crippen molar-refractivity contribution in [3.8, 4) is 11.5 Å². The first-order chi connectivity index (χ1) is 14.6. The average molecular weight is 429 g/mol. The molecule has 0 radical (unpaired) electrons. The van der Waals surface area contributed by atoms with Crippen LogP contribution in [0.15, 0.2) is 35.7 Å². The first kappa shape index (κ1) is 20.7. The van der Waals surface area contributed by atoms with Crippen LogP contribution in [0.3, 0.4) is 0 Å². The van der Waals surface area contributed by atoms with E-state index in [0.29, 0.717) is 62.4 Å². The minimum absolute atomic E-state index is 0.0333. The molecule has 2 unspecified atom stereocenters. The lowest BCUT2D eigenvalue weighted by Crippen LogP contribution is -2.51. The second-order valence-corrected chi connectivity index (χ2v) is 8.59. The minimum atomic E-state index is -0.0333. The number of hydrogen-bond acceptors (Lipinski definition) is 5. The Bertz CT molecular complexity index is 891. The zero-order valence-corrected chi connectivity index (χ0v) is 18.3. The highest BCUT2D eigenvalue weighted by Gasteiger charge is 2.46. The number of rotatable bonds is 7. The number of ether oxygens (including phenoxy) is 2. The second kappa shape index (κ2) is 9.08. The van der Waals surface area contributed by atoms with Crippen molar-refractivity contribution < 1.29 is 19.1 Å². The molecule has 160 valence electrons. The van der Waals surface area contributed by atoms with Crippen LogP contribution < -0.4 is 9.47 Å². The normalized spacial score (nSPS) is 20.7. The molecule has 0 bridgehead atoms. The summed E-state index contributed by atoms with van der Waals surface area (Å²) in [6, 6.07) is 9.49. The summed E-state index contributed by atoms with van der Waals surface area (Å²) in [7, 11) is 0. The number of hydrogen-bond donors (Lipinski definition) is 0. The van der Waals surface area contributed by atoms with Gasteiger partial charge in [0, 0.05) is 48.5 Å². The average Bonchev–Trinajstić information content (AvgIpc) is 3.38. The molecule has 2 aromatic rings. The van der Waals surface area contributed by atoms with Gasteiger partial charge >= 0.3 is 0 Å². The summed E-state index contributed by atoms with van der Waals surface area (Å²) in [6.07, 6.45) is 0.949. The third-order valence-electron chi connectivity index (χ3n) is 5.69. The smallest absolute Gasteiger partial charge is 0.254 e. The predicted octanol–water partition coefficient (Wildman–Crippen LogP) is 3.63. The molecule has 2 aliphatic rings. The van der Waals surface area contributed by atoms with Gasteiger partial charge in [-0.2, -0.15) is 0 Å². The summed E-state index contributed by atoms with van der Waals surface area (Å²) in [5, 5.41) is 2.07. The highest BCUT2D eigenvalue weighted by atomic mass is 32.1. The van der Waals surface area contributed by atoms with E-state index in [1.807, 2.05) is 29.7 Å². The number of thiophene rings is 1. The van der Waals surface area contributed by atoms with Gasteiger partial charge in [-0.1, -0.05) is 6.07 Å². The van der Waals surface area contributed by atoms with Gasteiger partial charge < -0.3 is 19.3 Å². The van der Waals surface area contributed by atoms with Gasteiger partial charge in [0.2, 0.25) is 5.91 Å². The first-order valence-electron chi connectivity index (χ1n) is 10.6. The number of piperazine rings is 1. The van der Waals surface area contributed by atoms with Crippen molar-refractivity contribution in [2.24, 2.45) is 5.92 Å². The fourth-order valence-corrected chi connectivity index (χ4v) is 4.92. The third-order valence-corrected chi connectivity index (χ3v) is 6.69. The van der Waals surface area contributed by atoms with Crippen LogP contribution in [0.25, 0.3) is 0 Å². The highest BCUT2D eigenvalue weighted by molar-refractivity contribution is 7.10. The molecule has 0 N–H and O–H groups in total. The van der Waals surface area contributed by atoms with Gasteiger partial charge in [-0.15, -0.1) is 11.3 Å². The summed E-state index contributed by atoms with van der Waals surface area (Å²) in [6.45, 7) is 7.16. The highest BCUT2D eigenvalue weighted by Crippen LogP contribution is 2.50. The molecule has 1 saturated carbocycles. The molecule has 1 aromatic carbocycles. The maximum Gasteiger partial charge on any atom is 0.254 e. The Labute approximate surface area is 181 Å². The summed E-state index contributed by atoms with van der Waals surface area (Å²) >= 11 is 1.73. The van der Waals surface area contributed by atoms with Crippen LogP contribution in [-0.4, -0.2) is 61.0 Å². The van der Waals surface area contributed by atoms with Crippen molar-refractivity contribution in [2.75, 3.05) is 39.4 Å². The second-order valence-electron chi connectivity index (χ2n) is 7.61. The Morgan fingerprint density at radius 2 is 1.70 bits per heavy atom.